The summed E-state index contributed by atoms with van der Waals surface area (Å²) in [6.07, 6.45) is 5.45. The van der Waals surface area contributed by atoms with Gasteiger partial charge in [-0.1, -0.05) is 19.1 Å². The molecule has 0 bridgehead atoms. The molecule has 0 radical (unpaired) electrons. The van der Waals surface area contributed by atoms with Gasteiger partial charge in [0, 0.05) is 32.7 Å². The number of urea groups is 1. The van der Waals surface area contributed by atoms with Gasteiger partial charge in [0.15, 0.2) is 0 Å². The molecule has 3 N–H and O–H groups in total. The van der Waals surface area contributed by atoms with Crippen LogP contribution in [0.2, 0.25) is 0 Å². The minimum atomic E-state index is -1.06. The van der Waals surface area contributed by atoms with Gasteiger partial charge in [0.2, 0.25) is 11.9 Å². The van der Waals surface area contributed by atoms with Gasteiger partial charge in [-0.15, -0.1) is 0 Å². The number of anilines is 2. The van der Waals surface area contributed by atoms with E-state index >= 15 is 0 Å². The average molecular weight is 522 g/mol. The number of pyridine rings is 1. The zero-order valence-corrected chi connectivity index (χ0v) is 22.1. The van der Waals surface area contributed by atoms with Crippen LogP contribution in [0, 0.1) is 25.6 Å². The van der Waals surface area contributed by atoms with Crippen LogP contribution in [-0.2, 0) is 23.1 Å². The summed E-state index contributed by atoms with van der Waals surface area (Å²) in [7, 11) is 3.30. The molecular formula is C27H32FN7O3. The minimum absolute atomic E-state index is 0.208. The summed E-state index contributed by atoms with van der Waals surface area (Å²) in [5.41, 5.74) is 8.09. The van der Waals surface area contributed by atoms with Crippen LogP contribution < -0.4 is 16.0 Å². The fourth-order valence-corrected chi connectivity index (χ4v) is 4.94. The quantitative estimate of drug-likeness (QED) is 0.460. The molecule has 1 aliphatic heterocycles. The van der Waals surface area contributed by atoms with Gasteiger partial charge in [0.1, 0.15) is 17.7 Å². The Morgan fingerprint density at radius 3 is 2.58 bits per heavy atom. The van der Waals surface area contributed by atoms with Crippen molar-refractivity contribution in [1.82, 2.24) is 24.8 Å². The molecule has 1 aromatic carbocycles. The normalized spacial score (nSPS) is 17.6. The number of hydrogen-bond donors (Lipinski definition) is 2. The standard InChI is InChI=1S/C27H32FN7O3/c1-6-20(18-8-7-15(2)22(28)16(18)3)32-27(38)35-23(25(37)34(5)26-31-11-12-33(26)4)19(24(35)36)13-17-9-10-30-21(29)14-17/h7-12,14,19-20,23H,6,13H2,1-5H3,(H2,29,30)(H,32,38)/t19-,20-,23+/m1/s1. The highest BCUT2D eigenvalue weighted by atomic mass is 19.1. The molecule has 3 atom stereocenters. The maximum atomic E-state index is 14.6. The van der Waals surface area contributed by atoms with Crippen LogP contribution >= 0.6 is 0 Å². The first-order valence-corrected chi connectivity index (χ1v) is 12.4. The number of likely N-dealkylation sites (N-methyl/N-ethyl adjacent to an activating group) is 1. The molecule has 11 heteroatoms. The van der Waals surface area contributed by atoms with E-state index in [9.17, 15) is 18.8 Å². The third-order valence-corrected chi connectivity index (χ3v) is 7.12. The Bertz CT molecular complexity index is 1390. The first-order chi connectivity index (χ1) is 18.0. The number of imide groups is 1. The van der Waals surface area contributed by atoms with Crippen LogP contribution in [0.4, 0.5) is 21.0 Å². The number of aromatic nitrogens is 3. The SMILES string of the molecule is CC[C@@H](NC(=O)N1C(=O)[C@H](Cc2ccnc(N)c2)[C@H]1C(=O)N(C)c1nccn1C)c1ccc(C)c(F)c1C. The Balaban J connectivity index is 1.63. The molecule has 2 aromatic heterocycles. The van der Waals surface area contributed by atoms with Crippen LogP contribution in [0.15, 0.2) is 42.9 Å². The molecule has 0 spiro atoms. The minimum Gasteiger partial charge on any atom is -0.384 e. The molecule has 38 heavy (non-hydrogen) atoms. The van der Waals surface area contributed by atoms with Crippen LogP contribution in [0.3, 0.4) is 0 Å². The molecule has 1 aliphatic rings. The molecule has 4 amide bonds. The second-order valence-electron chi connectivity index (χ2n) is 9.61. The van der Waals surface area contributed by atoms with Gasteiger partial charge in [-0.25, -0.2) is 19.2 Å². The monoisotopic (exact) mass is 521 g/mol. The van der Waals surface area contributed by atoms with Crippen LogP contribution in [0.5, 0.6) is 0 Å². The number of nitrogen functional groups attached to an aromatic ring is 1. The summed E-state index contributed by atoms with van der Waals surface area (Å²) in [4.78, 5) is 50.9. The lowest BCUT2D eigenvalue weighted by molar-refractivity contribution is -0.156. The van der Waals surface area contributed by atoms with Crippen molar-refractivity contribution in [3.63, 3.8) is 0 Å². The number of rotatable bonds is 7. The Morgan fingerprint density at radius 2 is 1.95 bits per heavy atom. The number of nitrogens with one attached hydrogen (secondary N) is 1. The number of carbonyl (C=O) groups excluding carboxylic acids is 3. The van der Waals surface area contributed by atoms with E-state index in [0.29, 0.717) is 34.9 Å². The number of hydrogen-bond acceptors (Lipinski definition) is 6. The second kappa shape index (κ2) is 10.6. The number of benzene rings is 1. The Hall–Kier alpha value is -4.28. The van der Waals surface area contributed by atoms with E-state index in [2.05, 4.69) is 15.3 Å². The van der Waals surface area contributed by atoms with Crippen molar-refractivity contribution in [2.24, 2.45) is 13.0 Å². The highest BCUT2D eigenvalue weighted by molar-refractivity contribution is 6.12. The highest BCUT2D eigenvalue weighted by Crippen LogP contribution is 2.33. The summed E-state index contributed by atoms with van der Waals surface area (Å²) in [5.74, 6) is -1.38. The first kappa shape index (κ1) is 26.8. The predicted molar refractivity (Wildman–Crippen MR) is 141 cm³/mol. The number of nitrogens with zero attached hydrogens (tertiary/aromatic N) is 5. The average Bonchev–Trinajstić information content (AvgIpc) is 3.32. The fourth-order valence-electron chi connectivity index (χ4n) is 4.94. The third-order valence-electron chi connectivity index (χ3n) is 7.12. The molecule has 3 heterocycles. The second-order valence-corrected chi connectivity index (χ2v) is 9.61. The number of amides is 4. The first-order valence-electron chi connectivity index (χ1n) is 12.4. The third kappa shape index (κ3) is 4.83. The lowest BCUT2D eigenvalue weighted by Crippen LogP contribution is -2.70. The van der Waals surface area contributed by atoms with E-state index < -0.39 is 35.8 Å². The van der Waals surface area contributed by atoms with Crippen molar-refractivity contribution in [1.29, 1.82) is 0 Å². The number of likely N-dealkylation sites (tertiary alicyclic amines) is 1. The van der Waals surface area contributed by atoms with Gasteiger partial charge in [-0.2, -0.15) is 0 Å². The van der Waals surface area contributed by atoms with E-state index in [0.717, 1.165) is 10.5 Å². The zero-order chi connectivity index (χ0) is 27.7. The molecule has 200 valence electrons. The van der Waals surface area contributed by atoms with E-state index in [1.165, 1.54) is 11.1 Å². The molecule has 0 unspecified atom stereocenters. The number of halogens is 1. The molecule has 1 saturated heterocycles. The van der Waals surface area contributed by atoms with E-state index in [1.54, 1.807) is 69.2 Å². The van der Waals surface area contributed by atoms with Gasteiger partial charge in [0.05, 0.1) is 12.0 Å². The van der Waals surface area contributed by atoms with Crippen LogP contribution in [0.1, 0.15) is 41.6 Å². The predicted octanol–water partition coefficient (Wildman–Crippen LogP) is 3.05. The highest BCUT2D eigenvalue weighted by Gasteiger charge is 2.55. The van der Waals surface area contributed by atoms with Gasteiger partial charge in [-0.05, 0) is 61.1 Å². The lowest BCUT2D eigenvalue weighted by Gasteiger charge is -2.45. The summed E-state index contributed by atoms with van der Waals surface area (Å²) in [6, 6.07) is 4.47. The Labute approximate surface area is 220 Å². The van der Waals surface area contributed by atoms with Crippen molar-refractivity contribution in [2.75, 3.05) is 17.7 Å². The number of carbonyl (C=O) groups is 3. The van der Waals surface area contributed by atoms with Gasteiger partial charge < -0.3 is 15.6 Å². The maximum absolute atomic E-state index is 14.6. The van der Waals surface area contributed by atoms with E-state index in [4.69, 9.17) is 5.73 Å². The summed E-state index contributed by atoms with van der Waals surface area (Å²) >= 11 is 0. The number of β-lactam (4-membered cyclic amide) rings is 1. The van der Waals surface area contributed by atoms with Crippen LogP contribution in [-0.4, -0.2) is 50.4 Å². The summed E-state index contributed by atoms with van der Waals surface area (Å²) < 4.78 is 16.3. The lowest BCUT2D eigenvalue weighted by atomic mass is 9.81. The van der Waals surface area contributed by atoms with Crippen molar-refractivity contribution < 1.29 is 18.8 Å². The Morgan fingerprint density at radius 1 is 1.21 bits per heavy atom. The van der Waals surface area contributed by atoms with Gasteiger partial charge >= 0.3 is 6.03 Å². The van der Waals surface area contributed by atoms with Crippen molar-refractivity contribution in [2.45, 2.75) is 45.7 Å². The summed E-state index contributed by atoms with van der Waals surface area (Å²) in [5, 5.41) is 2.84. The van der Waals surface area contributed by atoms with Gasteiger partial charge in [0.25, 0.3) is 5.91 Å². The van der Waals surface area contributed by atoms with Crippen molar-refractivity contribution in [3.8, 4) is 0 Å². The zero-order valence-electron chi connectivity index (χ0n) is 22.1. The smallest absolute Gasteiger partial charge is 0.325 e. The number of aryl methyl sites for hydroxylation is 2. The topological polar surface area (TPSA) is 126 Å². The van der Waals surface area contributed by atoms with Gasteiger partial charge in [-0.3, -0.25) is 19.4 Å². The molecule has 1 fully saturated rings. The van der Waals surface area contributed by atoms with Crippen molar-refractivity contribution in [3.05, 3.63) is 70.9 Å². The molecule has 10 nitrogen and oxygen atoms in total. The Kier molecular flexibility index (Phi) is 7.47. The number of imidazole rings is 1. The summed E-state index contributed by atoms with van der Waals surface area (Å²) in [6.45, 7) is 5.19. The molecule has 4 rings (SSSR count). The van der Waals surface area contributed by atoms with E-state index in [1.807, 2.05) is 6.92 Å². The largest absolute Gasteiger partial charge is 0.384 e. The fraction of sp³-hybridized carbons (Fsp3) is 0.370. The molecule has 0 saturated carbocycles. The molecule has 0 aliphatic carbocycles. The van der Waals surface area contributed by atoms with Crippen LogP contribution in [0.25, 0.3) is 0 Å². The maximum Gasteiger partial charge on any atom is 0.325 e. The number of nitrogens with two attached hydrogens (primary N) is 1. The molecule has 3 aromatic rings. The van der Waals surface area contributed by atoms with E-state index in [-0.39, 0.29) is 12.2 Å². The van der Waals surface area contributed by atoms with Crippen molar-refractivity contribution >= 4 is 29.6 Å². The molecular weight excluding hydrogens is 489 g/mol.